The summed E-state index contributed by atoms with van der Waals surface area (Å²) in [6.07, 6.45) is 0. The van der Waals surface area contributed by atoms with Gasteiger partial charge in [-0.2, -0.15) is 0 Å². The highest BCUT2D eigenvalue weighted by Crippen LogP contribution is 2.32. The van der Waals surface area contributed by atoms with Crippen molar-refractivity contribution in [3.05, 3.63) is 44.7 Å². The van der Waals surface area contributed by atoms with Crippen molar-refractivity contribution in [1.82, 2.24) is 9.97 Å². The summed E-state index contributed by atoms with van der Waals surface area (Å²) in [6.45, 7) is 6.18. The van der Waals surface area contributed by atoms with E-state index in [2.05, 4.69) is 52.0 Å². The van der Waals surface area contributed by atoms with Crippen LogP contribution in [0.4, 0.5) is 11.5 Å². The molecule has 6 heteroatoms. The van der Waals surface area contributed by atoms with E-state index in [1.807, 2.05) is 12.1 Å². The van der Waals surface area contributed by atoms with Crippen LogP contribution in [0.1, 0.15) is 26.6 Å². The molecule has 2 rings (SSSR count). The Morgan fingerprint density at radius 1 is 1.15 bits per heavy atom. The average molecular weight is 375 g/mol. The maximum Gasteiger partial charge on any atom is 0.137 e. The molecule has 0 aliphatic heterocycles. The smallest absolute Gasteiger partial charge is 0.137 e. The fraction of sp³-hybridized carbons (Fsp3) is 0.286. The topological polar surface area (TPSA) is 37.8 Å². The molecule has 0 fully saturated rings. The SMILES string of the molecule is CC(C)(C)c1nc(Br)cc(Nc2cccc(Cl)c2Cl)n1. The van der Waals surface area contributed by atoms with Gasteiger partial charge in [0.1, 0.15) is 16.2 Å². The van der Waals surface area contributed by atoms with Gasteiger partial charge in [-0.1, -0.05) is 50.0 Å². The minimum atomic E-state index is -0.141. The molecular formula is C14H14BrCl2N3. The summed E-state index contributed by atoms with van der Waals surface area (Å²) in [5.41, 5.74) is 0.572. The van der Waals surface area contributed by atoms with Crippen molar-refractivity contribution in [2.24, 2.45) is 0 Å². The molecule has 0 saturated heterocycles. The van der Waals surface area contributed by atoms with Crippen LogP contribution in [0.3, 0.4) is 0 Å². The zero-order valence-electron chi connectivity index (χ0n) is 11.3. The molecule has 0 bridgehead atoms. The molecule has 3 nitrogen and oxygen atoms in total. The van der Waals surface area contributed by atoms with E-state index in [-0.39, 0.29) is 5.41 Å². The van der Waals surface area contributed by atoms with Crippen LogP contribution in [0, 0.1) is 0 Å². The molecule has 0 radical (unpaired) electrons. The predicted octanol–water partition coefficient (Wildman–Crippen LogP) is 5.59. The van der Waals surface area contributed by atoms with Crippen LogP contribution in [0.15, 0.2) is 28.9 Å². The normalized spacial score (nSPS) is 11.5. The molecule has 0 atom stereocenters. The van der Waals surface area contributed by atoms with Gasteiger partial charge in [-0.05, 0) is 28.1 Å². The lowest BCUT2D eigenvalue weighted by Crippen LogP contribution is -2.16. The summed E-state index contributed by atoms with van der Waals surface area (Å²) in [5, 5.41) is 4.14. The van der Waals surface area contributed by atoms with Gasteiger partial charge >= 0.3 is 0 Å². The second-order valence-corrected chi connectivity index (χ2v) is 6.97. The van der Waals surface area contributed by atoms with Gasteiger partial charge in [0, 0.05) is 11.5 Å². The van der Waals surface area contributed by atoms with Crippen LogP contribution in [0.25, 0.3) is 0 Å². The van der Waals surface area contributed by atoms with Crippen molar-refractivity contribution in [3.8, 4) is 0 Å². The van der Waals surface area contributed by atoms with Crippen molar-refractivity contribution in [2.75, 3.05) is 5.32 Å². The predicted molar refractivity (Wildman–Crippen MR) is 88.2 cm³/mol. The molecule has 2 aromatic rings. The molecule has 1 heterocycles. The number of nitrogens with one attached hydrogen (secondary N) is 1. The van der Waals surface area contributed by atoms with Crippen LogP contribution < -0.4 is 5.32 Å². The summed E-state index contributed by atoms with van der Waals surface area (Å²) >= 11 is 15.6. The first-order chi connectivity index (χ1) is 9.27. The molecule has 0 aliphatic rings. The van der Waals surface area contributed by atoms with Crippen molar-refractivity contribution >= 4 is 50.6 Å². The molecule has 1 aromatic heterocycles. The number of hydrogen-bond donors (Lipinski definition) is 1. The number of benzene rings is 1. The molecular weight excluding hydrogens is 361 g/mol. The highest BCUT2D eigenvalue weighted by Gasteiger charge is 2.19. The molecule has 20 heavy (non-hydrogen) atoms. The first-order valence-corrected chi connectivity index (χ1v) is 7.58. The molecule has 106 valence electrons. The van der Waals surface area contributed by atoms with Gasteiger partial charge in [-0.3, -0.25) is 0 Å². The molecule has 0 amide bonds. The van der Waals surface area contributed by atoms with Gasteiger partial charge in [-0.15, -0.1) is 0 Å². The fourth-order valence-corrected chi connectivity index (χ4v) is 2.29. The summed E-state index contributed by atoms with van der Waals surface area (Å²) in [6, 6.07) is 7.22. The number of hydrogen-bond acceptors (Lipinski definition) is 3. The maximum atomic E-state index is 6.16. The highest BCUT2D eigenvalue weighted by atomic mass is 79.9. The van der Waals surface area contributed by atoms with Crippen LogP contribution in [0.5, 0.6) is 0 Å². The molecule has 1 aromatic carbocycles. The lowest BCUT2D eigenvalue weighted by Gasteiger charge is -2.18. The molecule has 1 N–H and O–H groups in total. The van der Waals surface area contributed by atoms with Gasteiger partial charge < -0.3 is 5.32 Å². The van der Waals surface area contributed by atoms with Crippen LogP contribution in [-0.4, -0.2) is 9.97 Å². The standard InChI is InChI=1S/C14H14BrCl2N3/c1-14(2,3)13-19-10(15)7-11(20-13)18-9-6-4-5-8(16)12(9)17/h4-7H,1-3H3,(H,18,19,20). The summed E-state index contributed by atoms with van der Waals surface area (Å²) in [5.74, 6) is 1.41. The highest BCUT2D eigenvalue weighted by molar-refractivity contribution is 9.10. The maximum absolute atomic E-state index is 6.16. The van der Waals surface area contributed by atoms with E-state index in [0.29, 0.717) is 21.6 Å². The van der Waals surface area contributed by atoms with Crippen molar-refractivity contribution in [3.63, 3.8) is 0 Å². The average Bonchev–Trinajstić information content (AvgIpc) is 2.33. The number of nitrogens with zero attached hydrogens (tertiary/aromatic N) is 2. The third-order valence-corrected chi connectivity index (χ3v) is 3.81. The van der Waals surface area contributed by atoms with Gasteiger partial charge in [0.25, 0.3) is 0 Å². The summed E-state index contributed by atoms with van der Waals surface area (Å²) < 4.78 is 0.720. The minimum absolute atomic E-state index is 0.141. The van der Waals surface area contributed by atoms with Gasteiger partial charge in [0.05, 0.1) is 15.7 Å². The van der Waals surface area contributed by atoms with E-state index in [1.54, 1.807) is 12.1 Å². The van der Waals surface area contributed by atoms with Gasteiger partial charge in [0.2, 0.25) is 0 Å². The van der Waals surface area contributed by atoms with E-state index in [9.17, 15) is 0 Å². The molecule has 0 aliphatic carbocycles. The Hall–Kier alpha value is -0.840. The van der Waals surface area contributed by atoms with Crippen molar-refractivity contribution < 1.29 is 0 Å². The monoisotopic (exact) mass is 373 g/mol. The Morgan fingerprint density at radius 3 is 2.50 bits per heavy atom. The largest absolute Gasteiger partial charge is 0.339 e. The lowest BCUT2D eigenvalue weighted by atomic mass is 9.96. The number of rotatable bonds is 2. The Labute approximate surface area is 136 Å². The molecule has 0 unspecified atom stereocenters. The Balaban J connectivity index is 2.39. The first kappa shape index (κ1) is 15.5. The van der Waals surface area contributed by atoms with Crippen LogP contribution in [-0.2, 0) is 5.41 Å². The van der Waals surface area contributed by atoms with Gasteiger partial charge in [0.15, 0.2) is 0 Å². The second kappa shape index (κ2) is 5.88. The quantitative estimate of drug-likeness (QED) is 0.696. The van der Waals surface area contributed by atoms with E-state index >= 15 is 0 Å². The van der Waals surface area contributed by atoms with Crippen molar-refractivity contribution in [2.45, 2.75) is 26.2 Å². The Kier molecular flexibility index (Phi) is 4.57. The van der Waals surface area contributed by atoms with Crippen molar-refractivity contribution in [1.29, 1.82) is 0 Å². The lowest BCUT2D eigenvalue weighted by molar-refractivity contribution is 0.544. The van der Waals surface area contributed by atoms with Crippen LogP contribution in [0.2, 0.25) is 10.0 Å². The minimum Gasteiger partial charge on any atom is -0.339 e. The Bertz CT molecular complexity index is 639. The summed E-state index contributed by atoms with van der Waals surface area (Å²) in [7, 11) is 0. The first-order valence-electron chi connectivity index (χ1n) is 6.03. The third-order valence-electron chi connectivity index (χ3n) is 2.58. The van der Waals surface area contributed by atoms with Gasteiger partial charge in [-0.25, -0.2) is 9.97 Å². The van der Waals surface area contributed by atoms with Crippen LogP contribution >= 0.6 is 39.1 Å². The second-order valence-electron chi connectivity index (χ2n) is 5.38. The summed E-state index contributed by atoms with van der Waals surface area (Å²) in [4.78, 5) is 8.91. The zero-order chi connectivity index (χ0) is 14.9. The number of anilines is 2. The van der Waals surface area contributed by atoms with E-state index in [1.165, 1.54) is 0 Å². The zero-order valence-corrected chi connectivity index (χ0v) is 14.4. The van der Waals surface area contributed by atoms with E-state index in [0.717, 1.165) is 10.4 Å². The van der Waals surface area contributed by atoms with E-state index in [4.69, 9.17) is 23.2 Å². The third kappa shape index (κ3) is 3.62. The Morgan fingerprint density at radius 2 is 1.85 bits per heavy atom. The molecule has 0 spiro atoms. The van der Waals surface area contributed by atoms with E-state index < -0.39 is 0 Å². The molecule has 0 saturated carbocycles. The number of halogens is 3. The fourth-order valence-electron chi connectivity index (χ4n) is 1.56. The number of aromatic nitrogens is 2.